The van der Waals surface area contributed by atoms with Crippen molar-refractivity contribution in [3.63, 3.8) is 0 Å². The van der Waals surface area contributed by atoms with E-state index in [0.29, 0.717) is 63.8 Å². The molecule has 7 atom stereocenters. The van der Waals surface area contributed by atoms with Gasteiger partial charge in [0.25, 0.3) is 0 Å². The summed E-state index contributed by atoms with van der Waals surface area (Å²) >= 11 is 5.64. The molecule has 1 rings (SSSR count). The van der Waals surface area contributed by atoms with Gasteiger partial charge in [0.05, 0.1) is 12.6 Å². The smallest absolute Gasteiger partial charge is 0.326 e. The van der Waals surface area contributed by atoms with E-state index in [1.165, 1.54) is 16.7 Å². The molecule has 54 heavy (non-hydrogen) atoms. The Bertz CT molecular complexity index is 1230. The zero-order chi connectivity index (χ0) is 40.8. The maximum atomic E-state index is 14.0. The third-order valence-corrected chi connectivity index (χ3v) is 9.91. The van der Waals surface area contributed by atoms with Crippen LogP contribution in [0.15, 0.2) is 0 Å². The molecular weight excluding hydrogens is 743 g/mol. The summed E-state index contributed by atoms with van der Waals surface area (Å²) in [5.41, 5.74) is 17.1. The molecular formula is C34H63N9O9S2. The highest BCUT2D eigenvalue weighted by Gasteiger charge is 2.40. The maximum Gasteiger partial charge on any atom is 0.326 e. The van der Waals surface area contributed by atoms with Crippen molar-refractivity contribution in [2.75, 3.05) is 44.0 Å². The number of rotatable bonds is 27. The first-order chi connectivity index (χ1) is 25.6. The lowest BCUT2D eigenvalue weighted by molar-refractivity contribution is -0.145. The van der Waals surface area contributed by atoms with E-state index >= 15 is 0 Å². The predicted octanol–water partition coefficient (Wildman–Crippen LogP) is -2.21. The number of carbonyl (C=O) groups is 7. The fourth-order valence-corrected chi connectivity index (χ4v) is 6.58. The van der Waals surface area contributed by atoms with Crippen LogP contribution in [0.25, 0.3) is 0 Å². The number of nitrogens with zero attached hydrogens (tertiary/aromatic N) is 1. The summed E-state index contributed by atoms with van der Waals surface area (Å²) in [5, 5.41) is 32.4. The van der Waals surface area contributed by atoms with Gasteiger partial charge in [0.1, 0.15) is 36.3 Å². The highest BCUT2D eigenvalue weighted by Crippen LogP contribution is 2.21. The van der Waals surface area contributed by atoms with E-state index in [4.69, 9.17) is 17.2 Å². The number of nitrogens with two attached hydrogens (primary N) is 3. The van der Waals surface area contributed by atoms with Crippen LogP contribution in [0.1, 0.15) is 78.1 Å². The summed E-state index contributed by atoms with van der Waals surface area (Å²) in [6.45, 7) is 3.80. The number of carbonyl (C=O) groups excluding carboxylic acids is 6. The summed E-state index contributed by atoms with van der Waals surface area (Å²) < 4.78 is 0. The van der Waals surface area contributed by atoms with Crippen LogP contribution in [-0.4, -0.2) is 143 Å². The fraction of sp³-hybridized carbons (Fsp3) is 0.794. The zero-order valence-corrected chi connectivity index (χ0v) is 33.4. The Balaban J connectivity index is 3.14. The van der Waals surface area contributed by atoms with Crippen molar-refractivity contribution in [3.05, 3.63) is 0 Å². The minimum absolute atomic E-state index is 0.0762. The Labute approximate surface area is 327 Å². The van der Waals surface area contributed by atoms with Crippen molar-refractivity contribution in [3.8, 4) is 0 Å². The van der Waals surface area contributed by atoms with Crippen molar-refractivity contribution in [1.82, 2.24) is 31.5 Å². The van der Waals surface area contributed by atoms with Crippen LogP contribution < -0.4 is 43.8 Å². The summed E-state index contributed by atoms with van der Waals surface area (Å²) in [6.07, 6.45) is 5.57. The monoisotopic (exact) mass is 805 g/mol. The highest BCUT2D eigenvalue weighted by atomic mass is 32.2. The molecule has 0 aromatic heterocycles. The molecule has 1 aliphatic rings. The number of nitrogens with one attached hydrogen (secondary N) is 5. The first kappa shape index (κ1) is 48.8. The second-order valence-electron chi connectivity index (χ2n) is 13.8. The van der Waals surface area contributed by atoms with Gasteiger partial charge < -0.3 is 58.9 Å². The van der Waals surface area contributed by atoms with E-state index in [1.54, 1.807) is 0 Å². The molecule has 6 amide bonds. The number of aliphatic hydroxyl groups excluding tert-OH is 1. The van der Waals surface area contributed by atoms with Crippen molar-refractivity contribution < 1.29 is 43.8 Å². The van der Waals surface area contributed by atoms with Crippen molar-refractivity contribution in [2.45, 2.75) is 120 Å². The second-order valence-corrected chi connectivity index (χ2v) is 15.1. The van der Waals surface area contributed by atoms with E-state index in [2.05, 4.69) is 39.2 Å². The van der Waals surface area contributed by atoms with E-state index in [1.807, 2.05) is 20.1 Å². The Morgan fingerprint density at radius 2 is 1.31 bits per heavy atom. The SMILES string of the molecule is CSCC[C@H](N)C(=O)N[C@@H](CS)C(=O)N[C@@H](CO)C(=O)N[C@@H](CCCCN)C(=O)N[C@@H](CC(C)C)C(=O)N1CCC[C@H]1C(=O)N[C@@H](CCCCN)C(=O)O. The molecule has 0 aromatic carbocycles. The number of aliphatic carboxylic acids is 1. The molecule has 1 fully saturated rings. The highest BCUT2D eigenvalue weighted by molar-refractivity contribution is 7.98. The number of amides is 6. The Kier molecular flexibility index (Phi) is 24.1. The van der Waals surface area contributed by atoms with Gasteiger partial charge in [-0.3, -0.25) is 28.8 Å². The van der Waals surface area contributed by atoms with Crippen LogP contribution >= 0.6 is 24.4 Å². The van der Waals surface area contributed by atoms with Crippen LogP contribution in [0.2, 0.25) is 0 Å². The minimum Gasteiger partial charge on any atom is -0.480 e. The summed E-state index contributed by atoms with van der Waals surface area (Å²) in [5.74, 6) is -4.85. The number of thiol groups is 1. The van der Waals surface area contributed by atoms with Crippen molar-refractivity contribution >= 4 is 65.8 Å². The molecule has 13 N–H and O–H groups in total. The molecule has 1 heterocycles. The lowest BCUT2D eigenvalue weighted by Crippen LogP contribution is -2.60. The molecule has 0 radical (unpaired) electrons. The van der Waals surface area contributed by atoms with Crippen LogP contribution in [-0.2, 0) is 33.6 Å². The zero-order valence-electron chi connectivity index (χ0n) is 31.7. The number of hydrogen-bond donors (Lipinski definition) is 11. The van der Waals surface area contributed by atoms with Gasteiger partial charge >= 0.3 is 5.97 Å². The lowest BCUT2D eigenvalue weighted by Gasteiger charge is -2.31. The largest absolute Gasteiger partial charge is 0.480 e. The number of aliphatic hydroxyl groups is 1. The van der Waals surface area contributed by atoms with E-state index in [0.717, 1.165) is 0 Å². The minimum atomic E-state index is -1.51. The quantitative estimate of drug-likeness (QED) is 0.0311. The number of hydrogen-bond acceptors (Lipinski definition) is 13. The van der Waals surface area contributed by atoms with Crippen LogP contribution in [0, 0.1) is 5.92 Å². The van der Waals surface area contributed by atoms with Gasteiger partial charge in [-0.2, -0.15) is 24.4 Å². The fourth-order valence-electron chi connectivity index (χ4n) is 5.84. The average molecular weight is 806 g/mol. The second kappa shape index (κ2) is 26.6. The molecule has 1 saturated heterocycles. The van der Waals surface area contributed by atoms with Gasteiger partial charge in [-0.1, -0.05) is 13.8 Å². The van der Waals surface area contributed by atoms with Crippen molar-refractivity contribution in [2.24, 2.45) is 23.1 Å². The number of likely N-dealkylation sites (tertiary alicyclic amines) is 1. The maximum absolute atomic E-state index is 14.0. The average Bonchev–Trinajstić information content (AvgIpc) is 3.63. The molecule has 0 aromatic rings. The topological polar surface area (TPSA) is 301 Å². The molecule has 20 heteroatoms. The van der Waals surface area contributed by atoms with Crippen LogP contribution in [0.4, 0.5) is 0 Å². The molecule has 0 unspecified atom stereocenters. The van der Waals surface area contributed by atoms with E-state index in [9.17, 15) is 43.8 Å². The number of carboxylic acid groups (broad SMARTS) is 1. The van der Waals surface area contributed by atoms with Gasteiger partial charge in [-0.25, -0.2) is 4.79 Å². The van der Waals surface area contributed by atoms with Gasteiger partial charge in [-0.05, 0) is 95.2 Å². The number of carboxylic acids is 1. The molecule has 0 aliphatic carbocycles. The summed E-state index contributed by atoms with van der Waals surface area (Å²) in [4.78, 5) is 93.1. The third kappa shape index (κ3) is 17.1. The molecule has 1 aliphatic heterocycles. The number of thioether (sulfide) groups is 1. The molecule has 0 spiro atoms. The first-order valence-electron chi connectivity index (χ1n) is 18.6. The standard InChI is InChI=1S/C34H63N9O9S2/c1-20(2)17-24(33(50)43-15-8-11-27(43)32(49)39-23(34(51)52)10-5-7-14-36)40-29(46)22(9-4-6-13-35)38-30(47)25(18-44)41-31(48)26(19-53)42-28(45)21(37)12-16-54-3/h20-27,44,53H,4-19,35-37H2,1-3H3,(H,38,47)(H,39,49)(H,40,46)(H,41,48)(H,42,45)(H,51,52)/t21-,22-,23-,24-,25-,26-,27-/m0/s1. The van der Waals surface area contributed by atoms with Gasteiger partial charge in [0, 0.05) is 12.3 Å². The summed E-state index contributed by atoms with van der Waals surface area (Å²) in [7, 11) is 0. The predicted molar refractivity (Wildman–Crippen MR) is 209 cm³/mol. The van der Waals surface area contributed by atoms with Crippen LogP contribution in [0.5, 0.6) is 0 Å². The Morgan fingerprint density at radius 3 is 1.85 bits per heavy atom. The van der Waals surface area contributed by atoms with Crippen LogP contribution in [0.3, 0.4) is 0 Å². The summed E-state index contributed by atoms with van der Waals surface area (Å²) in [6, 6.07) is -7.91. The Morgan fingerprint density at radius 1 is 0.778 bits per heavy atom. The van der Waals surface area contributed by atoms with Gasteiger partial charge in [0.15, 0.2) is 0 Å². The third-order valence-electron chi connectivity index (χ3n) is 8.90. The molecule has 0 saturated carbocycles. The van der Waals surface area contributed by atoms with Crippen molar-refractivity contribution in [1.29, 1.82) is 0 Å². The molecule has 310 valence electrons. The molecule has 0 bridgehead atoms. The normalized spacial score (nSPS) is 17.4. The first-order valence-corrected chi connectivity index (χ1v) is 20.6. The lowest BCUT2D eigenvalue weighted by atomic mass is 10.0. The number of unbranched alkanes of at least 4 members (excludes halogenated alkanes) is 2. The van der Waals surface area contributed by atoms with Gasteiger partial charge in [0.2, 0.25) is 35.4 Å². The van der Waals surface area contributed by atoms with E-state index in [-0.39, 0.29) is 37.5 Å². The Hall–Kier alpha value is -3.17. The van der Waals surface area contributed by atoms with E-state index < -0.39 is 90.3 Å². The molecule has 18 nitrogen and oxygen atoms in total. The van der Waals surface area contributed by atoms with Gasteiger partial charge in [-0.15, -0.1) is 0 Å².